The molecule has 9 heteroatoms. The molecule has 174 valence electrons. The van der Waals surface area contributed by atoms with E-state index in [-0.39, 0.29) is 11.9 Å². The number of para-hydroxylation sites is 1. The molecule has 0 spiro atoms. The Kier molecular flexibility index (Phi) is 6.09. The van der Waals surface area contributed by atoms with E-state index in [1.165, 1.54) is 18.5 Å². The van der Waals surface area contributed by atoms with E-state index in [0.717, 1.165) is 24.2 Å². The summed E-state index contributed by atoms with van der Waals surface area (Å²) in [5.41, 5.74) is 8.38. The van der Waals surface area contributed by atoms with Crippen LogP contribution in [0.2, 0.25) is 0 Å². The van der Waals surface area contributed by atoms with Crippen LogP contribution in [0.3, 0.4) is 0 Å². The number of rotatable bonds is 6. The quantitative estimate of drug-likeness (QED) is 0.338. The van der Waals surface area contributed by atoms with Gasteiger partial charge in [0.25, 0.3) is 0 Å². The zero-order valence-corrected chi connectivity index (χ0v) is 18.9. The molecule has 2 aromatic heterocycles. The first-order valence-electron chi connectivity index (χ1n) is 11.3. The van der Waals surface area contributed by atoms with E-state index < -0.39 is 0 Å². The maximum atomic E-state index is 12.5. The molecule has 1 fully saturated rings. The number of fused-ring (bicyclic) bond motifs is 1. The van der Waals surface area contributed by atoms with Crippen LogP contribution in [0.25, 0.3) is 22.3 Å². The minimum Gasteiger partial charge on any atom is -0.457 e. The predicted molar refractivity (Wildman–Crippen MR) is 131 cm³/mol. The van der Waals surface area contributed by atoms with Gasteiger partial charge in [0, 0.05) is 24.3 Å². The summed E-state index contributed by atoms with van der Waals surface area (Å²) in [7, 11) is 0. The third-order valence-corrected chi connectivity index (χ3v) is 6.01. The number of benzene rings is 2. The third-order valence-electron chi connectivity index (χ3n) is 6.01. The number of nitrogens with two attached hydrogens (primary N) is 1. The molecule has 0 bridgehead atoms. The van der Waals surface area contributed by atoms with Crippen molar-refractivity contribution >= 4 is 22.8 Å². The van der Waals surface area contributed by atoms with Crippen molar-refractivity contribution in [2.45, 2.75) is 25.4 Å². The molecule has 5 rings (SSSR count). The summed E-state index contributed by atoms with van der Waals surface area (Å²) in [6.45, 7) is 1.11. The number of nitrogen functional groups attached to an aromatic ring is 1. The number of likely N-dealkylation sites (tertiary alicyclic amines) is 1. The molecular weight excluding hydrogens is 442 g/mol. The highest BCUT2D eigenvalue weighted by molar-refractivity contribution is 5.98. The van der Waals surface area contributed by atoms with Crippen LogP contribution in [0.5, 0.6) is 11.5 Å². The van der Waals surface area contributed by atoms with Crippen LogP contribution in [-0.2, 0) is 11.3 Å². The minimum absolute atomic E-state index is 0.0559. The monoisotopic (exact) mass is 465 g/mol. The van der Waals surface area contributed by atoms with E-state index in [2.05, 4.69) is 9.97 Å². The fourth-order valence-electron chi connectivity index (χ4n) is 4.38. The maximum Gasteiger partial charge on any atom is 0.247 e. The number of allylic oxidation sites excluding steroid dienone is 1. The summed E-state index contributed by atoms with van der Waals surface area (Å²) in [6.07, 6.45) is 5.67. The molecular formula is C26H23N7O2. The molecule has 0 aliphatic carbocycles. The van der Waals surface area contributed by atoms with Gasteiger partial charge in [-0.15, -0.1) is 0 Å². The molecule has 1 amide bonds. The van der Waals surface area contributed by atoms with Crippen molar-refractivity contribution in [3.8, 4) is 28.8 Å². The second kappa shape index (κ2) is 9.65. The number of nitriles is 1. The number of nitrogens with zero attached hydrogens (tertiary/aromatic N) is 6. The number of carbonyl (C=O) groups excluding carboxylic acids is 1. The summed E-state index contributed by atoms with van der Waals surface area (Å²) in [6, 6.07) is 19.0. The summed E-state index contributed by atoms with van der Waals surface area (Å²) in [5, 5.41) is 14.3. The van der Waals surface area contributed by atoms with Gasteiger partial charge < -0.3 is 15.4 Å². The van der Waals surface area contributed by atoms with Gasteiger partial charge >= 0.3 is 0 Å². The number of ether oxygens (including phenoxy) is 1. The van der Waals surface area contributed by atoms with Crippen molar-refractivity contribution < 1.29 is 9.53 Å². The second-order valence-corrected chi connectivity index (χ2v) is 8.22. The van der Waals surface area contributed by atoms with Gasteiger partial charge in [-0.05, 0) is 49.2 Å². The Morgan fingerprint density at radius 1 is 1.14 bits per heavy atom. The summed E-state index contributed by atoms with van der Waals surface area (Å²) in [5.74, 6) is 1.64. The van der Waals surface area contributed by atoms with Crippen molar-refractivity contribution in [1.29, 1.82) is 5.26 Å². The molecule has 0 unspecified atom stereocenters. The molecule has 9 nitrogen and oxygen atoms in total. The first-order chi connectivity index (χ1) is 17.1. The van der Waals surface area contributed by atoms with E-state index >= 15 is 0 Å². The number of aromatic nitrogens is 4. The van der Waals surface area contributed by atoms with Gasteiger partial charge in [-0.1, -0.05) is 18.2 Å². The lowest BCUT2D eigenvalue weighted by Crippen LogP contribution is -2.37. The van der Waals surface area contributed by atoms with Gasteiger partial charge in [0.2, 0.25) is 5.91 Å². The normalized spacial score (nSPS) is 15.5. The summed E-state index contributed by atoms with van der Waals surface area (Å²) >= 11 is 0. The molecule has 0 saturated carbocycles. The first kappa shape index (κ1) is 22.1. The average Bonchev–Trinajstić information content (AvgIpc) is 3.50. The van der Waals surface area contributed by atoms with Gasteiger partial charge in [-0.25, -0.2) is 14.6 Å². The Morgan fingerprint density at radius 3 is 2.69 bits per heavy atom. The molecule has 4 aromatic rings. The van der Waals surface area contributed by atoms with Crippen LogP contribution in [0.4, 0.5) is 5.82 Å². The lowest BCUT2D eigenvalue weighted by molar-refractivity contribution is -0.127. The zero-order chi connectivity index (χ0) is 24.2. The zero-order valence-electron chi connectivity index (χ0n) is 18.9. The van der Waals surface area contributed by atoms with E-state index in [9.17, 15) is 4.79 Å². The van der Waals surface area contributed by atoms with Crippen LogP contribution < -0.4 is 10.5 Å². The van der Waals surface area contributed by atoms with E-state index in [1.807, 2.05) is 60.7 Å². The third kappa shape index (κ3) is 4.54. The lowest BCUT2D eigenvalue weighted by atomic mass is 10.1. The number of amides is 1. The van der Waals surface area contributed by atoms with Crippen LogP contribution in [0.15, 0.2) is 73.1 Å². The van der Waals surface area contributed by atoms with Crippen molar-refractivity contribution in [2.24, 2.45) is 0 Å². The Morgan fingerprint density at radius 2 is 1.91 bits per heavy atom. The van der Waals surface area contributed by atoms with Gasteiger partial charge in [0.15, 0.2) is 5.65 Å². The second-order valence-electron chi connectivity index (χ2n) is 8.22. The lowest BCUT2D eigenvalue weighted by Gasteiger charge is -2.23. The van der Waals surface area contributed by atoms with Crippen molar-refractivity contribution in [3.05, 3.63) is 73.1 Å². The van der Waals surface area contributed by atoms with Crippen LogP contribution in [0, 0.1) is 11.3 Å². The highest BCUT2D eigenvalue weighted by Gasteiger charge is 2.29. The Labute approximate surface area is 202 Å². The SMILES string of the molecule is N#C/C=C\C(=O)N1CCC[C@H]1Cn1nc(-c2ccc(Oc3ccccc3)cc2)c2c(N)ncnc21. The highest BCUT2D eigenvalue weighted by Crippen LogP contribution is 2.32. The molecule has 1 aliphatic rings. The van der Waals surface area contributed by atoms with Crippen LogP contribution in [0.1, 0.15) is 12.8 Å². The predicted octanol–water partition coefficient (Wildman–Crippen LogP) is 3.94. The molecule has 1 aliphatic heterocycles. The first-order valence-corrected chi connectivity index (χ1v) is 11.3. The molecule has 35 heavy (non-hydrogen) atoms. The average molecular weight is 466 g/mol. The molecule has 3 heterocycles. The highest BCUT2D eigenvalue weighted by atomic mass is 16.5. The standard InChI is InChI=1S/C26H23N7O2/c27-14-4-9-22(34)32-15-5-6-19(32)16-33-26-23(25(28)29-17-30-26)24(31-33)18-10-12-21(13-11-18)35-20-7-2-1-3-8-20/h1-4,7-13,17,19H,5-6,15-16H2,(H2,28,29,30)/b9-4-/t19-/m0/s1. The van der Waals surface area contributed by atoms with E-state index in [4.69, 9.17) is 20.8 Å². The van der Waals surface area contributed by atoms with Gasteiger partial charge in [-0.3, -0.25) is 4.79 Å². The van der Waals surface area contributed by atoms with Crippen molar-refractivity contribution in [1.82, 2.24) is 24.6 Å². The topological polar surface area (TPSA) is 123 Å². The Hall–Kier alpha value is -4.71. The fraction of sp³-hybridized carbons (Fsp3) is 0.192. The number of anilines is 1. The number of carbonyl (C=O) groups is 1. The summed E-state index contributed by atoms with van der Waals surface area (Å²) in [4.78, 5) is 22.9. The molecule has 2 N–H and O–H groups in total. The van der Waals surface area contributed by atoms with Gasteiger partial charge in [-0.2, -0.15) is 10.4 Å². The molecule has 1 saturated heterocycles. The van der Waals surface area contributed by atoms with E-state index in [0.29, 0.717) is 41.4 Å². The Balaban J connectivity index is 1.45. The van der Waals surface area contributed by atoms with Crippen LogP contribution in [-0.4, -0.2) is 43.1 Å². The van der Waals surface area contributed by atoms with Gasteiger partial charge in [0.1, 0.15) is 29.3 Å². The number of hydrogen-bond acceptors (Lipinski definition) is 7. The van der Waals surface area contributed by atoms with Crippen LogP contribution >= 0.6 is 0 Å². The summed E-state index contributed by atoms with van der Waals surface area (Å²) < 4.78 is 7.69. The molecule has 0 radical (unpaired) electrons. The number of hydrogen-bond donors (Lipinski definition) is 1. The molecule has 1 atom stereocenters. The van der Waals surface area contributed by atoms with Crippen molar-refractivity contribution in [3.63, 3.8) is 0 Å². The van der Waals surface area contributed by atoms with Crippen molar-refractivity contribution in [2.75, 3.05) is 12.3 Å². The van der Waals surface area contributed by atoms with Gasteiger partial charge in [0.05, 0.1) is 24.0 Å². The minimum atomic E-state index is -0.172. The maximum absolute atomic E-state index is 12.5. The van der Waals surface area contributed by atoms with E-state index in [1.54, 1.807) is 9.58 Å². The largest absolute Gasteiger partial charge is 0.457 e. The fourth-order valence-corrected chi connectivity index (χ4v) is 4.38. The Bertz CT molecular complexity index is 1420. The smallest absolute Gasteiger partial charge is 0.247 e. The molecule has 2 aromatic carbocycles.